The summed E-state index contributed by atoms with van der Waals surface area (Å²) in [4.78, 5) is 26.8. The Hall–Kier alpha value is -2.30. The molecule has 0 bridgehead atoms. The lowest BCUT2D eigenvalue weighted by molar-refractivity contribution is -0.131. The first-order valence-corrected chi connectivity index (χ1v) is 9.52. The van der Waals surface area contributed by atoms with Gasteiger partial charge in [-0.15, -0.1) is 0 Å². The van der Waals surface area contributed by atoms with Gasteiger partial charge in [-0.2, -0.15) is 0 Å². The van der Waals surface area contributed by atoms with Gasteiger partial charge in [-0.3, -0.25) is 9.59 Å². The second-order valence-corrected chi connectivity index (χ2v) is 7.17. The number of nitrogens with zero attached hydrogens (tertiary/aromatic N) is 1. The quantitative estimate of drug-likeness (QED) is 0.825. The first-order chi connectivity index (χ1) is 12.7. The largest absolute Gasteiger partial charge is 0.497 e. The van der Waals surface area contributed by atoms with Crippen LogP contribution >= 0.6 is 0 Å². The highest BCUT2D eigenvalue weighted by atomic mass is 16.5. The highest BCUT2D eigenvalue weighted by Crippen LogP contribution is 2.20. The Labute approximate surface area is 155 Å². The summed E-state index contributed by atoms with van der Waals surface area (Å²) in [6.45, 7) is 1.41. The lowest BCUT2D eigenvalue weighted by Crippen LogP contribution is -2.48. The summed E-state index contributed by atoms with van der Waals surface area (Å²) in [5.41, 5.74) is 0.968. The minimum Gasteiger partial charge on any atom is -0.497 e. The van der Waals surface area contributed by atoms with Crippen molar-refractivity contribution in [1.29, 1.82) is 0 Å². The number of benzene rings is 1. The number of piperidine rings is 1. The van der Waals surface area contributed by atoms with Crippen molar-refractivity contribution in [2.75, 3.05) is 20.2 Å². The molecular weight excluding hydrogens is 328 g/mol. The predicted octanol–water partition coefficient (Wildman–Crippen LogP) is 2.70. The zero-order valence-corrected chi connectivity index (χ0v) is 15.4. The smallest absolute Gasteiger partial charge is 0.226 e. The van der Waals surface area contributed by atoms with Gasteiger partial charge >= 0.3 is 0 Å². The molecule has 2 aliphatic rings. The van der Waals surface area contributed by atoms with Crippen molar-refractivity contribution in [3.05, 3.63) is 42.0 Å². The summed E-state index contributed by atoms with van der Waals surface area (Å²) in [6, 6.07) is 7.83. The molecule has 1 aliphatic heterocycles. The van der Waals surface area contributed by atoms with Gasteiger partial charge in [0.1, 0.15) is 5.75 Å². The third kappa shape index (κ3) is 4.87. The molecule has 0 spiro atoms. The second kappa shape index (κ2) is 8.88. The third-order valence-electron chi connectivity index (χ3n) is 5.32. The second-order valence-electron chi connectivity index (χ2n) is 7.17. The van der Waals surface area contributed by atoms with Crippen LogP contribution in [-0.4, -0.2) is 43.0 Å². The van der Waals surface area contributed by atoms with E-state index in [1.165, 1.54) is 0 Å². The Morgan fingerprint density at radius 1 is 1.19 bits per heavy atom. The van der Waals surface area contributed by atoms with Crippen LogP contribution in [0.2, 0.25) is 0 Å². The minimum absolute atomic E-state index is 0.118. The van der Waals surface area contributed by atoms with E-state index in [1.807, 2.05) is 29.2 Å². The fraction of sp³-hybridized carbons (Fsp3) is 0.524. The zero-order valence-electron chi connectivity index (χ0n) is 15.4. The van der Waals surface area contributed by atoms with E-state index in [0.29, 0.717) is 19.5 Å². The number of methoxy groups -OCH3 is 1. The summed E-state index contributed by atoms with van der Waals surface area (Å²) in [5.74, 6) is 1.21. The molecule has 1 saturated heterocycles. The van der Waals surface area contributed by atoms with Crippen molar-refractivity contribution < 1.29 is 14.3 Å². The van der Waals surface area contributed by atoms with Crippen LogP contribution in [0.5, 0.6) is 5.75 Å². The lowest BCUT2D eigenvalue weighted by atomic mass is 9.93. The average molecular weight is 356 g/mol. The van der Waals surface area contributed by atoms with Gasteiger partial charge in [-0.1, -0.05) is 24.3 Å². The van der Waals surface area contributed by atoms with Gasteiger partial charge in [-0.25, -0.2) is 0 Å². The number of carbonyl (C=O) groups excluding carboxylic acids is 2. The zero-order chi connectivity index (χ0) is 18.4. The van der Waals surface area contributed by atoms with Crippen molar-refractivity contribution in [1.82, 2.24) is 10.2 Å². The maximum absolute atomic E-state index is 12.5. The molecule has 1 heterocycles. The van der Waals surface area contributed by atoms with E-state index in [1.54, 1.807) is 7.11 Å². The topological polar surface area (TPSA) is 58.6 Å². The van der Waals surface area contributed by atoms with Crippen LogP contribution in [-0.2, 0) is 16.0 Å². The molecule has 5 nitrogen and oxygen atoms in total. The van der Waals surface area contributed by atoms with Crippen LogP contribution in [0.15, 0.2) is 36.4 Å². The number of hydrogen-bond donors (Lipinski definition) is 1. The van der Waals surface area contributed by atoms with Crippen molar-refractivity contribution in [3.8, 4) is 5.75 Å². The molecular formula is C21H28N2O3. The maximum Gasteiger partial charge on any atom is 0.226 e. The van der Waals surface area contributed by atoms with E-state index in [9.17, 15) is 9.59 Å². The van der Waals surface area contributed by atoms with Gasteiger partial charge in [0, 0.05) is 25.0 Å². The summed E-state index contributed by atoms with van der Waals surface area (Å²) in [7, 11) is 1.63. The molecule has 140 valence electrons. The normalized spacial score (nSPS) is 20.7. The maximum atomic E-state index is 12.5. The van der Waals surface area contributed by atoms with Crippen LogP contribution in [0.3, 0.4) is 0 Å². The molecule has 1 aliphatic carbocycles. The van der Waals surface area contributed by atoms with Crippen molar-refractivity contribution in [2.24, 2.45) is 5.92 Å². The molecule has 1 N–H and O–H groups in total. The molecule has 0 unspecified atom stereocenters. The van der Waals surface area contributed by atoms with Crippen LogP contribution in [0, 0.1) is 5.92 Å². The molecule has 1 atom stereocenters. The van der Waals surface area contributed by atoms with Gasteiger partial charge in [0.05, 0.1) is 13.5 Å². The highest BCUT2D eigenvalue weighted by molar-refractivity contribution is 5.80. The van der Waals surface area contributed by atoms with E-state index in [2.05, 4.69) is 17.5 Å². The van der Waals surface area contributed by atoms with E-state index in [-0.39, 0.29) is 23.8 Å². The van der Waals surface area contributed by atoms with Gasteiger partial charge < -0.3 is 15.0 Å². The van der Waals surface area contributed by atoms with E-state index in [4.69, 9.17) is 4.74 Å². The molecule has 1 aromatic rings. The highest BCUT2D eigenvalue weighted by Gasteiger charge is 2.26. The number of amides is 2. The first-order valence-electron chi connectivity index (χ1n) is 9.52. The van der Waals surface area contributed by atoms with Gasteiger partial charge in [-0.05, 0) is 49.8 Å². The van der Waals surface area contributed by atoms with Crippen molar-refractivity contribution in [3.63, 3.8) is 0 Å². The predicted molar refractivity (Wildman–Crippen MR) is 101 cm³/mol. The monoisotopic (exact) mass is 356 g/mol. The molecule has 1 aromatic carbocycles. The molecule has 0 radical (unpaired) electrons. The van der Waals surface area contributed by atoms with Gasteiger partial charge in [0.2, 0.25) is 11.8 Å². The number of hydrogen-bond acceptors (Lipinski definition) is 3. The third-order valence-corrected chi connectivity index (χ3v) is 5.32. The Morgan fingerprint density at radius 3 is 2.69 bits per heavy atom. The Morgan fingerprint density at radius 2 is 2.00 bits per heavy atom. The number of allylic oxidation sites excluding steroid dienone is 2. The van der Waals surface area contributed by atoms with Gasteiger partial charge in [0.25, 0.3) is 0 Å². The summed E-state index contributed by atoms with van der Waals surface area (Å²) in [6.07, 6.45) is 9.10. The molecule has 26 heavy (non-hydrogen) atoms. The Balaban J connectivity index is 1.44. The average Bonchev–Trinajstić information content (AvgIpc) is 2.69. The van der Waals surface area contributed by atoms with E-state index < -0.39 is 0 Å². The molecule has 0 aromatic heterocycles. The van der Waals surface area contributed by atoms with Crippen LogP contribution < -0.4 is 10.1 Å². The fourth-order valence-electron chi connectivity index (χ4n) is 3.69. The molecule has 0 saturated carbocycles. The van der Waals surface area contributed by atoms with Gasteiger partial charge in [0.15, 0.2) is 0 Å². The Kier molecular flexibility index (Phi) is 6.31. The summed E-state index contributed by atoms with van der Waals surface area (Å²) in [5, 5.41) is 3.19. The fourth-order valence-corrected chi connectivity index (χ4v) is 3.69. The molecule has 1 fully saturated rings. The summed E-state index contributed by atoms with van der Waals surface area (Å²) < 4.78 is 5.21. The van der Waals surface area contributed by atoms with Crippen LogP contribution in [0.4, 0.5) is 0 Å². The van der Waals surface area contributed by atoms with Crippen LogP contribution in [0.1, 0.15) is 37.7 Å². The number of ether oxygens (including phenoxy) is 1. The molecule has 5 heteroatoms. The minimum atomic E-state index is 0.118. The molecule has 2 amide bonds. The SMILES string of the molecule is COc1cccc(CC(=O)N2CCC(NC(=O)[C@@H]3CC=CCC3)CC2)c1. The molecule has 3 rings (SSSR count). The van der Waals surface area contributed by atoms with Crippen LogP contribution in [0.25, 0.3) is 0 Å². The number of carbonyl (C=O) groups is 2. The Bertz CT molecular complexity index is 663. The number of rotatable bonds is 5. The number of likely N-dealkylation sites (tertiary alicyclic amines) is 1. The number of nitrogens with one attached hydrogen (secondary N) is 1. The standard InChI is InChI=1S/C21H28N2O3/c1-26-19-9-5-6-16(14-19)15-20(24)23-12-10-18(11-13-23)22-21(25)17-7-3-2-4-8-17/h2-3,5-6,9,14,17-18H,4,7-8,10-13,15H2,1H3,(H,22,25)/t17-/m1/s1. The van der Waals surface area contributed by atoms with Crippen molar-refractivity contribution in [2.45, 2.75) is 44.6 Å². The van der Waals surface area contributed by atoms with E-state index >= 15 is 0 Å². The van der Waals surface area contributed by atoms with E-state index in [0.717, 1.165) is 43.4 Å². The first kappa shape index (κ1) is 18.5. The van der Waals surface area contributed by atoms with Crippen molar-refractivity contribution >= 4 is 11.8 Å². The summed E-state index contributed by atoms with van der Waals surface area (Å²) >= 11 is 0. The lowest BCUT2D eigenvalue weighted by Gasteiger charge is -2.33.